The minimum atomic E-state index is -4.46. The monoisotopic (exact) mass is 670 g/mol. The molecule has 2 amide bonds. The number of hydrogen-bond donors (Lipinski definition) is 2. The predicted molar refractivity (Wildman–Crippen MR) is 178 cm³/mol. The van der Waals surface area contributed by atoms with Crippen molar-refractivity contribution >= 4 is 17.8 Å². The van der Waals surface area contributed by atoms with Crippen molar-refractivity contribution < 1.29 is 37.4 Å². The Hall–Kier alpha value is -5.12. The van der Waals surface area contributed by atoms with E-state index in [0.29, 0.717) is 12.2 Å². The summed E-state index contributed by atoms with van der Waals surface area (Å²) in [5, 5.41) is 12.8. The van der Waals surface area contributed by atoms with Gasteiger partial charge in [-0.2, -0.15) is 13.2 Å². The highest BCUT2D eigenvalue weighted by Crippen LogP contribution is 2.34. The molecule has 1 aliphatic heterocycles. The molecule has 49 heavy (non-hydrogen) atoms. The zero-order chi connectivity index (χ0) is 34.5. The van der Waals surface area contributed by atoms with E-state index in [1.165, 1.54) is 17.0 Å². The topological polar surface area (TPSA) is 95.9 Å². The molecule has 1 fully saturated rings. The minimum absolute atomic E-state index is 0.0696. The number of nitrogens with one attached hydrogen (secondary N) is 1. The van der Waals surface area contributed by atoms with E-state index in [9.17, 15) is 32.7 Å². The second-order valence-corrected chi connectivity index (χ2v) is 12.8. The fraction of sp³-hybridized carbons (Fsp3) is 0.308. The van der Waals surface area contributed by atoms with Crippen molar-refractivity contribution in [3.8, 4) is 22.6 Å². The number of ether oxygens (including phenoxy) is 1. The van der Waals surface area contributed by atoms with E-state index in [-0.39, 0.29) is 37.0 Å². The number of aliphatic carboxylic acids is 1. The number of halogens is 3. The molecule has 0 unspecified atom stereocenters. The van der Waals surface area contributed by atoms with Crippen LogP contribution < -0.4 is 10.1 Å². The Balaban J connectivity index is 1.19. The summed E-state index contributed by atoms with van der Waals surface area (Å²) in [4.78, 5) is 41.4. The predicted octanol–water partition coefficient (Wildman–Crippen LogP) is 7.81. The van der Waals surface area contributed by atoms with Gasteiger partial charge in [-0.3, -0.25) is 9.59 Å². The Morgan fingerprint density at radius 3 is 2.14 bits per heavy atom. The van der Waals surface area contributed by atoms with Crippen molar-refractivity contribution in [3.05, 3.63) is 119 Å². The Labute approximate surface area is 282 Å². The van der Waals surface area contributed by atoms with E-state index in [4.69, 9.17) is 4.74 Å². The standard InChI is InChI=1S/C39H37F3N2O5/c40-39(41,42)31-15-18-32(19-16-31)49-33-17-14-29-23-35(44(24-30(29)22-33)36(45)21-25-6-4-5-7-25)37(46)43-34(38(47)48)20-26-10-12-28(13-11-26)27-8-2-1-3-9-27/h1-3,8-19,22,25,34-35H,4-7,20-21,23-24H2,(H,43,46)(H,47,48)/t34-,35-/m0/s1. The summed E-state index contributed by atoms with van der Waals surface area (Å²) < 4.78 is 44.8. The number of benzene rings is 4. The number of rotatable bonds is 10. The molecule has 6 rings (SSSR count). The summed E-state index contributed by atoms with van der Waals surface area (Å²) in [5.74, 6) is -1.04. The van der Waals surface area contributed by atoms with Crippen molar-refractivity contribution in [1.29, 1.82) is 0 Å². The molecule has 0 radical (unpaired) electrons. The largest absolute Gasteiger partial charge is 0.480 e. The van der Waals surface area contributed by atoms with Crippen LogP contribution in [0.15, 0.2) is 97.1 Å². The van der Waals surface area contributed by atoms with E-state index in [2.05, 4.69) is 5.32 Å². The molecule has 1 heterocycles. The highest BCUT2D eigenvalue weighted by Gasteiger charge is 2.37. The summed E-state index contributed by atoms with van der Waals surface area (Å²) in [6, 6.07) is 24.8. The van der Waals surface area contributed by atoms with Crippen LogP contribution in [0.4, 0.5) is 13.2 Å². The van der Waals surface area contributed by atoms with Crippen LogP contribution in [0.3, 0.4) is 0 Å². The fourth-order valence-corrected chi connectivity index (χ4v) is 6.71. The first-order chi connectivity index (χ1) is 23.5. The zero-order valence-electron chi connectivity index (χ0n) is 26.8. The maximum Gasteiger partial charge on any atom is 0.416 e. The van der Waals surface area contributed by atoms with Crippen LogP contribution in [-0.4, -0.2) is 39.9 Å². The summed E-state index contributed by atoms with van der Waals surface area (Å²) in [5.41, 5.74) is 3.55. The van der Waals surface area contributed by atoms with Crippen LogP contribution in [0.5, 0.6) is 11.5 Å². The van der Waals surface area contributed by atoms with E-state index in [1.807, 2.05) is 54.6 Å². The smallest absolute Gasteiger partial charge is 0.416 e. The van der Waals surface area contributed by atoms with Crippen molar-refractivity contribution in [2.45, 2.75) is 69.8 Å². The zero-order valence-corrected chi connectivity index (χ0v) is 26.8. The van der Waals surface area contributed by atoms with Gasteiger partial charge in [-0.1, -0.05) is 73.5 Å². The molecule has 10 heteroatoms. The number of carbonyl (C=O) groups is 3. The van der Waals surface area contributed by atoms with Gasteiger partial charge >= 0.3 is 12.1 Å². The molecule has 2 aliphatic rings. The molecule has 0 saturated heterocycles. The van der Waals surface area contributed by atoms with Crippen LogP contribution in [0.1, 0.15) is 54.4 Å². The number of hydrogen-bond acceptors (Lipinski definition) is 4. The molecule has 2 N–H and O–H groups in total. The number of carboxylic acid groups (broad SMARTS) is 1. The fourth-order valence-electron chi connectivity index (χ4n) is 6.71. The third-order valence-corrected chi connectivity index (χ3v) is 9.40. The Bertz CT molecular complexity index is 1790. The molecule has 0 bridgehead atoms. The normalized spacial score (nSPS) is 16.9. The molecule has 7 nitrogen and oxygen atoms in total. The maximum absolute atomic E-state index is 13.8. The van der Waals surface area contributed by atoms with Crippen LogP contribution in [0.2, 0.25) is 0 Å². The number of fused-ring (bicyclic) bond motifs is 1. The average Bonchev–Trinajstić information content (AvgIpc) is 3.61. The van der Waals surface area contributed by atoms with Crippen LogP contribution in [-0.2, 0) is 39.9 Å². The minimum Gasteiger partial charge on any atom is -0.480 e. The lowest BCUT2D eigenvalue weighted by atomic mass is 9.91. The van der Waals surface area contributed by atoms with Gasteiger partial charge in [0, 0.05) is 25.8 Å². The molecule has 2 atom stereocenters. The number of carboxylic acids is 1. The molecule has 4 aromatic rings. The Morgan fingerprint density at radius 2 is 1.49 bits per heavy atom. The van der Waals surface area contributed by atoms with Gasteiger partial charge in [0.15, 0.2) is 0 Å². The summed E-state index contributed by atoms with van der Waals surface area (Å²) in [6.45, 7) is 0.113. The number of amides is 2. The van der Waals surface area contributed by atoms with Crippen molar-refractivity contribution in [2.24, 2.45) is 5.92 Å². The van der Waals surface area contributed by atoms with Gasteiger partial charge in [0.2, 0.25) is 11.8 Å². The van der Waals surface area contributed by atoms with Gasteiger partial charge in [0.1, 0.15) is 23.6 Å². The highest BCUT2D eigenvalue weighted by atomic mass is 19.4. The Kier molecular flexibility index (Phi) is 10.0. The van der Waals surface area contributed by atoms with Crippen LogP contribution >= 0.6 is 0 Å². The summed E-state index contributed by atoms with van der Waals surface area (Å²) >= 11 is 0. The lowest BCUT2D eigenvalue weighted by molar-refractivity contribution is -0.145. The number of nitrogens with zero attached hydrogens (tertiary/aromatic N) is 1. The first-order valence-corrected chi connectivity index (χ1v) is 16.5. The van der Waals surface area contributed by atoms with Crippen molar-refractivity contribution in [3.63, 3.8) is 0 Å². The molecule has 1 aliphatic carbocycles. The molecule has 0 aromatic heterocycles. The molecule has 0 spiro atoms. The average molecular weight is 671 g/mol. The van der Waals surface area contributed by atoms with Crippen LogP contribution in [0.25, 0.3) is 11.1 Å². The molecular weight excluding hydrogens is 633 g/mol. The van der Waals surface area contributed by atoms with Gasteiger partial charge in [0.25, 0.3) is 0 Å². The second-order valence-electron chi connectivity index (χ2n) is 12.8. The second kappa shape index (κ2) is 14.6. The summed E-state index contributed by atoms with van der Waals surface area (Å²) in [7, 11) is 0. The van der Waals surface area contributed by atoms with Gasteiger partial charge in [0.05, 0.1) is 5.56 Å². The lowest BCUT2D eigenvalue weighted by Crippen LogP contribution is -2.56. The third-order valence-electron chi connectivity index (χ3n) is 9.40. The van der Waals surface area contributed by atoms with Gasteiger partial charge in [-0.15, -0.1) is 0 Å². The number of alkyl halides is 3. The number of carbonyl (C=O) groups excluding carboxylic acids is 2. The molecule has 254 valence electrons. The third kappa shape index (κ3) is 8.31. The van der Waals surface area contributed by atoms with E-state index in [0.717, 1.165) is 65.6 Å². The van der Waals surface area contributed by atoms with Gasteiger partial charge in [-0.05, 0) is 83.0 Å². The molecule has 1 saturated carbocycles. The lowest BCUT2D eigenvalue weighted by Gasteiger charge is -2.37. The molecule has 4 aromatic carbocycles. The highest BCUT2D eigenvalue weighted by molar-refractivity contribution is 5.91. The van der Waals surface area contributed by atoms with Crippen LogP contribution in [0, 0.1) is 5.92 Å². The van der Waals surface area contributed by atoms with Crippen molar-refractivity contribution in [2.75, 3.05) is 0 Å². The van der Waals surface area contributed by atoms with Crippen molar-refractivity contribution in [1.82, 2.24) is 10.2 Å². The Morgan fingerprint density at radius 1 is 0.837 bits per heavy atom. The van der Waals surface area contributed by atoms with Gasteiger partial charge < -0.3 is 20.1 Å². The van der Waals surface area contributed by atoms with E-state index >= 15 is 0 Å². The van der Waals surface area contributed by atoms with E-state index < -0.39 is 35.7 Å². The quantitative estimate of drug-likeness (QED) is 0.180. The maximum atomic E-state index is 13.8. The molecular formula is C39H37F3N2O5. The first-order valence-electron chi connectivity index (χ1n) is 16.5. The van der Waals surface area contributed by atoms with E-state index in [1.54, 1.807) is 18.2 Å². The van der Waals surface area contributed by atoms with Gasteiger partial charge in [-0.25, -0.2) is 4.79 Å². The SMILES string of the molecule is O=C(O)[C@H](Cc1ccc(-c2ccccc2)cc1)NC(=O)[C@@H]1Cc2ccc(Oc3ccc(C(F)(F)F)cc3)cc2CN1C(=O)CC1CCCC1. The summed E-state index contributed by atoms with van der Waals surface area (Å²) in [6.07, 6.45) is 0.0994. The first kappa shape index (κ1) is 33.8.